The second-order valence-corrected chi connectivity index (χ2v) is 10.2. The molecule has 3 aliphatic heterocycles. The number of fused-ring (bicyclic) bond motifs is 2. The number of nitrogens with zero attached hydrogens (tertiary/aromatic N) is 8. The Balaban J connectivity index is 1.32. The van der Waals surface area contributed by atoms with Gasteiger partial charge in [0.2, 0.25) is 6.54 Å². The number of anilines is 2. The van der Waals surface area contributed by atoms with Crippen molar-refractivity contribution in [3.63, 3.8) is 0 Å². The van der Waals surface area contributed by atoms with E-state index >= 15 is 0 Å². The topological polar surface area (TPSA) is 86.9 Å². The molecule has 2 atom stereocenters. The highest BCUT2D eigenvalue weighted by molar-refractivity contribution is 5.91. The Kier molecular flexibility index (Phi) is 6.72. The van der Waals surface area contributed by atoms with E-state index in [0.29, 0.717) is 31.7 Å². The van der Waals surface area contributed by atoms with E-state index in [2.05, 4.69) is 54.2 Å². The molecule has 0 saturated carbocycles. The third-order valence-corrected chi connectivity index (χ3v) is 7.82. The van der Waals surface area contributed by atoms with Crippen LogP contribution in [0.5, 0.6) is 6.01 Å². The largest absolute Gasteiger partial charge is 0.462 e. The van der Waals surface area contributed by atoms with Gasteiger partial charge in [-0.3, -0.25) is 0 Å². The number of benzene rings is 1. The number of likely N-dealkylation sites (N-methyl/N-ethyl adjacent to an activating group) is 1. The van der Waals surface area contributed by atoms with Crippen molar-refractivity contribution in [2.24, 2.45) is 0 Å². The highest BCUT2D eigenvalue weighted by atomic mass is 16.5. The Morgan fingerprint density at radius 2 is 2.05 bits per heavy atom. The molecule has 0 unspecified atom stereocenters. The van der Waals surface area contributed by atoms with Crippen LogP contribution in [0.15, 0.2) is 30.5 Å². The van der Waals surface area contributed by atoms with E-state index in [1.54, 1.807) is 0 Å². The summed E-state index contributed by atoms with van der Waals surface area (Å²) in [7, 11) is 2.15. The van der Waals surface area contributed by atoms with Gasteiger partial charge in [-0.05, 0) is 32.9 Å². The van der Waals surface area contributed by atoms with Gasteiger partial charge < -0.3 is 29.6 Å². The molecule has 3 aliphatic rings. The molecule has 0 amide bonds. The zero-order valence-electron chi connectivity index (χ0n) is 21.3. The lowest BCUT2D eigenvalue weighted by atomic mass is 10.0. The van der Waals surface area contributed by atoms with E-state index in [1.165, 1.54) is 12.0 Å². The molecule has 0 spiro atoms. The normalized spacial score (nSPS) is 22.2. The minimum absolute atomic E-state index is 0.138. The van der Waals surface area contributed by atoms with Gasteiger partial charge in [0.25, 0.3) is 0 Å². The Morgan fingerprint density at radius 3 is 2.92 bits per heavy atom. The fourth-order valence-electron chi connectivity index (χ4n) is 5.75. The molecule has 0 radical (unpaired) electrons. The Morgan fingerprint density at radius 1 is 1.14 bits per heavy atom. The molecule has 1 aromatic carbocycles. The SMILES string of the molecule is [C-]#[N+]C[C@H]1CN(c2nc(OC[C@@H]3CCCN3C)nc3c2CCN(c2nncc4ccccc24)C3)CCN1. The molecule has 1 N–H and O–H groups in total. The highest BCUT2D eigenvalue weighted by Crippen LogP contribution is 2.33. The number of aromatic nitrogens is 4. The first-order chi connectivity index (χ1) is 18.2. The average molecular weight is 500 g/mol. The molecule has 10 nitrogen and oxygen atoms in total. The van der Waals surface area contributed by atoms with Crippen LogP contribution in [-0.4, -0.2) is 90.1 Å². The third kappa shape index (κ3) is 4.89. The second-order valence-electron chi connectivity index (χ2n) is 10.2. The van der Waals surface area contributed by atoms with Crippen LogP contribution in [0, 0.1) is 6.57 Å². The van der Waals surface area contributed by atoms with Gasteiger partial charge in [-0.1, -0.05) is 24.3 Å². The number of piperazine rings is 1. The Bertz CT molecular complexity index is 1300. The molecule has 6 rings (SSSR count). The number of nitrogens with one attached hydrogen (secondary N) is 1. The molecule has 10 heteroatoms. The number of hydrogen-bond donors (Lipinski definition) is 1. The minimum Gasteiger partial charge on any atom is -0.462 e. The first kappa shape index (κ1) is 23.8. The number of ether oxygens (including phenoxy) is 1. The summed E-state index contributed by atoms with van der Waals surface area (Å²) in [5.74, 6) is 1.85. The van der Waals surface area contributed by atoms with Crippen LogP contribution in [0.2, 0.25) is 0 Å². The van der Waals surface area contributed by atoms with Gasteiger partial charge in [-0.25, -0.2) is 6.57 Å². The first-order valence-corrected chi connectivity index (χ1v) is 13.2. The van der Waals surface area contributed by atoms with Crippen LogP contribution < -0.4 is 19.9 Å². The van der Waals surface area contributed by atoms with E-state index in [1.807, 2.05) is 18.3 Å². The summed E-state index contributed by atoms with van der Waals surface area (Å²) >= 11 is 0. The fourth-order valence-corrected chi connectivity index (χ4v) is 5.75. The lowest BCUT2D eigenvalue weighted by Crippen LogP contribution is -2.52. The average Bonchev–Trinajstić information content (AvgIpc) is 3.35. The molecule has 2 fully saturated rings. The van der Waals surface area contributed by atoms with Gasteiger partial charge >= 0.3 is 6.01 Å². The van der Waals surface area contributed by atoms with E-state index in [4.69, 9.17) is 21.3 Å². The summed E-state index contributed by atoms with van der Waals surface area (Å²) in [5, 5.41) is 14.4. The first-order valence-electron chi connectivity index (χ1n) is 13.2. The summed E-state index contributed by atoms with van der Waals surface area (Å²) in [6, 6.07) is 9.22. The van der Waals surface area contributed by atoms with E-state index in [0.717, 1.165) is 73.7 Å². The van der Waals surface area contributed by atoms with Crippen molar-refractivity contribution in [1.82, 2.24) is 30.4 Å². The van der Waals surface area contributed by atoms with Crippen molar-refractivity contribution in [2.45, 2.75) is 37.9 Å². The van der Waals surface area contributed by atoms with E-state index in [-0.39, 0.29) is 6.04 Å². The van der Waals surface area contributed by atoms with Gasteiger partial charge in [0.05, 0.1) is 24.5 Å². The molecule has 2 aromatic heterocycles. The summed E-state index contributed by atoms with van der Waals surface area (Å²) in [5.41, 5.74) is 2.17. The quantitative estimate of drug-likeness (QED) is 0.513. The number of likely N-dealkylation sites (tertiary alicyclic amines) is 1. The number of rotatable bonds is 6. The lowest BCUT2D eigenvalue weighted by Gasteiger charge is -2.36. The smallest absolute Gasteiger partial charge is 0.318 e. The molecular formula is C27H33N9O. The fraction of sp³-hybridized carbons (Fsp3) is 0.519. The maximum Gasteiger partial charge on any atom is 0.318 e. The minimum atomic E-state index is 0.138. The van der Waals surface area contributed by atoms with Crippen molar-refractivity contribution < 1.29 is 4.74 Å². The summed E-state index contributed by atoms with van der Waals surface area (Å²) < 4.78 is 6.24. The molecule has 3 aromatic rings. The van der Waals surface area contributed by atoms with E-state index in [9.17, 15) is 0 Å². The van der Waals surface area contributed by atoms with Crippen LogP contribution in [0.1, 0.15) is 24.1 Å². The van der Waals surface area contributed by atoms with Crippen molar-refractivity contribution in [2.75, 3.05) is 62.7 Å². The Labute approximate surface area is 217 Å². The molecular weight excluding hydrogens is 466 g/mol. The molecule has 5 heterocycles. The van der Waals surface area contributed by atoms with Crippen molar-refractivity contribution in [1.29, 1.82) is 0 Å². The molecule has 37 heavy (non-hydrogen) atoms. The summed E-state index contributed by atoms with van der Waals surface area (Å²) in [4.78, 5) is 20.4. The van der Waals surface area contributed by atoms with Crippen LogP contribution in [0.3, 0.4) is 0 Å². The van der Waals surface area contributed by atoms with Gasteiger partial charge in [0, 0.05) is 48.6 Å². The van der Waals surface area contributed by atoms with Gasteiger partial charge in [0.1, 0.15) is 12.4 Å². The van der Waals surface area contributed by atoms with Gasteiger partial charge in [-0.15, -0.1) is 5.10 Å². The summed E-state index contributed by atoms with van der Waals surface area (Å²) in [6.45, 7) is 13.4. The molecule has 192 valence electrons. The van der Waals surface area contributed by atoms with Gasteiger partial charge in [0.15, 0.2) is 5.82 Å². The molecule has 2 saturated heterocycles. The standard InChI is InChI=1S/C27H33N9O/c1-28-15-20-16-36(13-10-29-20)25-23-9-12-35(26-22-8-4-3-6-19(22)14-30-33-26)17-24(23)31-27(32-25)37-18-21-7-5-11-34(21)2/h3-4,6,8,14,20-21,29H,5,7,9-13,15-18H2,2H3/t20-,21-/m0/s1. The highest BCUT2D eigenvalue weighted by Gasteiger charge is 2.30. The van der Waals surface area contributed by atoms with Gasteiger partial charge in [-0.2, -0.15) is 15.1 Å². The molecule has 0 aliphatic carbocycles. The third-order valence-electron chi connectivity index (χ3n) is 7.82. The van der Waals surface area contributed by atoms with Crippen molar-refractivity contribution in [3.8, 4) is 6.01 Å². The lowest BCUT2D eigenvalue weighted by molar-refractivity contribution is 0.187. The van der Waals surface area contributed by atoms with Crippen molar-refractivity contribution >= 4 is 22.4 Å². The van der Waals surface area contributed by atoms with Crippen LogP contribution >= 0.6 is 0 Å². The predicted octanol–water partition coefficient (Wildman–Crippen LogP) is 2.15. The van der Waals surface area contributed by atoms with Crippen LogP contribution in [0.4, 0.5) is 11.6 Å². The molecule has 0 bridgehead atoms. The summed E-state index contributed by atoms with van der Waals surface area (Å²) in [6.07, 6.45) is 4.97. The predicted molar refractivity (Wildman–Crippen MR) is 143 cm³/mol. The second kappa shape index (κ2) is 10.4. The Hall–Kier alpha value is -3.55. The van der Waals surface area contributed by atoms with Crippen LogP contribution in [0.25, 0.3) is 15.6 Å². The maximum absolute atomic E-state index is 7.31. The zero-order valence-corrected chi connectivity index (χ0v) is 21.3. The monoisotopic (exact) mass is 499 g/mol. The van der Waals surface area contributed by atoms with Crippen molar-refractivity contribution in [3.05, 3.63) is 53.1 Å². The maximum atomic E-state index is 7.31. The zero-order chi connectivity index (χ0) is 25.2. The number of hydrogen-bond acceptors (Lipinski definition) is 9. The van der Waals surface area contributed by atoms with E-state index < -0.39 is 0 Å². The van der Waals surface area contributed by atoms with Crippen LogP contribution in [-0.2, 0) is 13.0 Å².